The van der Waals surface area contributed by atoms with Gasteiger partial charge < -0.3 is 26.9 Å². The van der Waals surface area contributed by atoms with Crippen molar-refractivity contribution in [1.29, 1.82) is 0 Å². The van der Waals surface area contributed by atoms with Gasteiger partial charge in [-0.15, -0.1) is 0 Å². The Bertz CT molecular complexity index is 381. The summed E-state index contributed by atoms with van der Waals surface area (Å²) in [5.41, 5.74) is 0. The van der Waals surface area contributed by atoms with E-state index in [9.17, 15) is 5.11 Å². The van der Waals surface area contributed by atoms with Crippen LogP contribution < -0.4 is 0 Å². The Morgan fingerprint density at radius 2 is 1.20 bits per heavy atom. The molecule has 0 heterocycles. The molecule has 0 spiro atoms. The van der Waals surface area contributed by atoms with Gasteiger partial charge in [-0.1, -0.05) is 0 Å². The Hall–Kier alpha value is 0.628. The summed E-state index contributed by atoms with van der Waals surface area (Å²) < 4.78 is 30.4. The van der Waals surface area contributed by atoms with Crippen molar-refractivity contribution >= 4 is 33.8 Å². The lowest BCUT2D eigenvalue weighted by molar-refractivity contribution is 0.0137. The van der Waals surface area contributed by atoms with E-state index in [2.05, 4.69) is 58.9 Å². The van der Waals surface area contributed by atoms with Crippen LogP contribution in [0.1, 0.15) is 6.92 Å². The first-order chi connectivity index (χ1) is 11.0. The zero-order chi connectivity index (χ0) is 19.9. The van der Waals surface area contributed by atoms with Gasteiger partial charge in [0, 0.05) is 0 Å². The fourth-order valence-corrected chi connectivity index (χ4v) is 19.9. The standard InChI is InChI=1S/C15H40O6Si4/c1-15(16)13-17-11-12-18-14-25(10,20-23(5,6)7)21-24(8,9)19-22(2,3)4/h15-16H,11-14H2,1-10H3. The maximum atomic E-state index is 9.19. The molecule has 0 aromatic rings. The van der Waals surface area contributed by atoms with Crippen molar-refractivity contribution in [3.05, 3.63) is 0 Å². The second-order valence-electron chi connectivity index (χ2n) is 9.04. The third kappa shape index (κ3) is 15.4. The predicted octanol–water partition coefficient (Wildman–Crippen LogP) is 3.43. The van der Waals surface area contributed by atoms with Crippen LogP contribution in [0, 0.1) is 0 Å². The molecule has 0 saturated heterocycles. The van der Waals surface area contributed by atoms with E-state index in [1.54, 1.807) is 6.92 Å². The smallest absolute Gasteiger partial charge is 0.342 e. The van der Waals surface area contributed by atoms with Gasteiger partial charge in [0.25, 0.3) is 0 Å². The number of hydrogen-bond acceptors (Lipinski definition) is 6. The summed E-state index contributed by atoms with van der Waals surface area (Å²) in [6.07, 6.45) is 0.00423. The molecule has 0 saturated carbocycles. The van der Waals surface area contributed by atoms with Crippen molar-refractivity contribution in [2.45, 2.75) is 72.0 Å². The minimum absolute atomic E-state index is 0.323. The lowest BCUT2D eigenvalue weighted by Crippen LogP contribution is -2.59. The molecule has 2 unspecified atom stereocenters. The van der Waals surface area contributed by atoms with Crippen LogP contribution in [0.25, 0.3) is 0 Å². The summed E-state index contributed by atoms with van der Waals surface area (Å²) in [7, 11) is -8.25. The molecular formula is C15H40O6Si4. The van der Waals surface area contributed by atoms with E-state index in [0.717, 1.165) is 0 Å². The van der Waals surface area contributed by atoms with Gasteiger partial charge >= 0.3 is 17.1 Å². The molecule has 0 aromatic carbocycles. The van der Waals surface area contributed by atoms with Crippen molar-refractivity contribution in [1.82, 2.24) is 0 Å². The summed E-state index contributed by atoms with van der Waals surface area (Å²) in [5, 5.41) is 9.19. The van der Waals surface area contributed by atoms with Crippen LogP contribution >= 0.6 is 0 Å². The largest absolute Gasteiger partial charge is 0.437 e. The molecule has 0 amide bonds. The molecular weight excluding hydrogens is 389 g/mol. The monoisotopic (exact) mass is 428 g/mol. The number of rotatable bonds is 13. The van der Waals surface area contributed by atoms with Crippen LogP contribution in [0.2, 0.25) is 58.9 Å². The van der Waals surface area contributed by atoms with Crippen LogP contribution in [-0.2, 0) is 21.8 Å². The molecule has 0 rings (SSSR count). The van der Waals surface area contributed by atoms with Gasteiger partial charge in [0.1, 0.15) is 0 Å². The lowest BCUT2D eigenvalue weighted by atomic mass is 10.4. The molecule has 0 aromatic heterocycles. The molecule has 1 N–H and O–H groups in total. The van der Waals surface area contributed by atoms with E-state index in [4.69, 9.17) is 21.8 Å². The van der Waals surface area contributed by atoms with Crippen LogP contribution in [0.4, 0.5) is 0 Å². The maximum absolute atomic E-state index is 9.19. The summed E-state index contributed by atoms with van der Waals surface area (Å²) in [6.45, 7) is 22.2. The Balaban J connectivity index is 4.73. The van der Waals surface area contributed by atoms with E-state index in [1.165, 1.54) is 0 Å². The SMILES string of the molecule is CC(O)COCCOC[Si](C)(O[Si](C)(C)C)O[Si](C)(C)O[Si](C)(C)C. The van der Waals surface area contributed by atoms with Gasteiger partial charge in [-0.2, -0.15) is 0 Å². The fraction of sp³-hybridized carbons (Fsp3) is 1.00. The first-order valence-corrected chi connectivity index (χ1v) is 21.1. The van der Waals surface area contributed by atoms with Gasteiger partial charge in [-0.3, -0.25) is 0 Å². The van der Waals surface area contributed by atoms with E-state index < -0.39 is 39.9 Å². The lowest BCUT2D eigenvalue weighted by Gasteiger charge is -2.41. The van der Waals surface area contributed by atoms with Crippen molar-refractivity contribution in [3.8, 4) is 0 Å². The van der Waals surface area contributed by atoms with Crippen molar-refractivity contribution in [3.63, 3.8) is 0 Å². The Morgan fingerprint density at radius 3 is 1.64 bits per heavy atom. The fourth-order valence-electron chi connectivity index (χ4n) is 2.63. The molecule has 0 radical (unpaired) electrons. The van der Waals surface area contributed by atoms with Gasteiger partial charge in [0.05, 0.1) is 32.2 Å². The molecule has 0 aliphatic rings. The van der Waals surface area contributed by atoms with E-state index in [-0.39, 0.29) is 0 Å². The second-order valence-corrected chi connectivity index (χ2v) is 25.3. The number of aliphatic hydroxyl groups excluding tert-OH is 1. The van der Waals surface area contributed by atoms with Crippen LogP contribution in [-0.4, -0.2) is 71.0 Å². The molecule has 152 valence electrons. The summed E-state index contributed by atoms with van der Waals surface area (Å²) in [6, 6.07) is 0. The number of ether oxygens (including phenoxy) is 2. The van der Waals surface area contributed by atoms with Gasteiger partial charge in [0.15, 0.2) is 16.6 Å². The third-order valence-corrected chi connectivity index (χ3v) is 15.6. The molecule has 0 aliphatic heterocycles. The average Bonchev–Trinajstić information content (AvgIpc) is 2.26. The average molecular weight is 429 g/mol. The summed E-state index contributed by atoms with van der Waals surface area (Å²) in [5.74, 6) is 0. The third-order valence-electron chi connectivity index (χ3n) is 2.63. The van der Waals surface area contributed by atoms with Crippen LogP contribution in [0.5, 0.6) is 0 Å². The molecule has 0 bridgehead atoms. The zero-order valence-corrected chi connectivity index (χ0v) is 21.9. The first kappa shape index (κ1) is 25.6. The Morgan fingerprint density at radius 1 is 0.720 bits per heavy atom. The van der Waals surface area contributed by atoms with Gasteiger partial charge in [0.2, 0.25) is 0 Å². The Kier molecular flexibility index (Phi) is 10.5. The quantitative estimate of drug-likeness (QED) is 0.358. The first-order valence-electron chi connectivity index (χ1n) is 8.98. The van der Waals surface area contributed by atoms with E-state index in [1.807, 2.05) is 0 Å². The molecule has 0 fully saturated rings. The highest BCUT2D eigenvalue weighted by molar-refractivity contribution is 6.89. The zero-order valence-electron chi connectivity index (χ0n) is 17.9. The highest BCUT2D eigenvalue weighted by atomic mass is 28.5. The highest BCUT2D eigenvalue weighted by Crippen LogP contribution is 2.24. The summed E-state index contributed by atoms with van der Waals surface area (Å²) in [4.78, 5) is 0. The van der Waals surface area contributed by atoms with Crippen LogP contribution in [0.15, 0.2) is 0 Å². The molecule has 6 nitrogen and oxygen atoms in total. The maximum Gasteiger partial charge on any atom is 0.342 e. The topological polar surface area (TPSA) is 66.4 Å². The number of hydrogen-bond donors (Lipinski definition) is 1. The van der Waals surface area contributed by atoms with E-state index in [0.29, 0.717) is 26.1 Å². The molecule has 10 heteroatoms. The molecule has 2 atom stereocenters. The predicted molar refractivity (Wildman–Crippen MR) is 112 cm³/mol. The van der Waals surface area contributed by atoms with E-state index >= 15 is 0 Å². The Labute approximate surface area is 158 Å². The van der Waals surface area contributed by atoms with Crippen LogP contribution in [0.3, 0.4) is 0 Å². The normalized spacial score (nSPS) is 17.4. The summed E-state index contributed by atoms with van der Waals surface area (Å²) >= 11 is 0. The van der Waals surface area contributed by atoms with Gasteiger partial charge in [-0.05, 0) is 65.8 Å². The minimum atomic E-state index is -2.51. The highest BCUT2D eigenvalue weighted by Gasteiger charge is 2.44. The van der Waals surface area contributed by atoms with Gasteiger partial charge in [-0.25, -0.2) is 0 Å². The minimum Gasteiger partial charge on any atom is -0.437 e. The van der Waals surface area contributed by atoms with Crippen molar-refractivity contribution < 1.29 is 26.9 Å². The number of aliphatic hydroxyl groups is 1. The van der Waals surface area contributed by atoms with Crippen molar-refractivity contribution in [2.24, 2.45) is 0 Å². The second kappa shape index (κ2) is 10.2. The van der Waals surface area contributed by atoms with Crippen molar-refractivity contribution in [2.75, 3.05) is 26.1 Å². The molecule has 25 heavy (non-hydrogen) atoms. The molecule has 0 aliphatic carbocycles.